The number of carbonyl (C=O) groups excluding carboxylic acids is 1. The first-order valence-corrected chi connectivity index (χ1v) is 10.3. The van der Waals surface area contributed by atoms with Gasteiger partial charge in [-0.05, 0) is 36.7 Å². The van der Waals surface area contributed by atoms with E-state index in [2.05, 4.69) is 5.92 Å². The van der Waals surface area contributed by atoms with Crippen LogP contribution in [0.5, 0.6) is 0 Å². The minimum atomic E-state index is -0.580. The maximum absolute atomic E-state index is 12.9. The quantitative estimate of drug-likeness (QED) is 0.529. The number of rotatable bonds is 8. The van der Waals surface area contributed by atoms with Gasteiger partial charge in [0.2, 0.25) is 0 Å². The van der Waals surface area contributed by atoms with Gasteiger partial charge in [-0.3, -0.25) is 4.79 Å². The second-order valence-corrected chi connectivity index (χ2v) is 9.59. The van der Waals surface area contributed by atoms with Gasteiger partial charge in [-0.1, -0.05) is 27.7 Å². The Kier molecular flexibility index (Phi) is 8.38. The lowest BCUT2D eigenvalue weighted by Crippen LogP contribution is -2.43. The summed E-state index contributed by atoms with van der Waals surface area (Å²) < 4.78 is 0.306. The van der Waals surface area contributed by atoms with Crippen LogP contribution in [-0.2, 0) is 4.79 Å². The molecule has 0 aromatic heterocycles. The zero-order valence-electron chi connectivity index (χ0n) is 14.3. The molecule has 2 nitrogen and oxygen atoms in total. The summed E-state index contributed by atoms with van der Waals surface area (Å²) in [7, 11) is 0. The molecule has 0 aliphatic carbocycles. The first-order chi connectivity index (χ1) is 10.3. The van der Waals surface area contributed by atoms with Gasteiger partial charge >= 0.3 is 0 Å². The van der Waals surface area contributed by atoms with Crippen molar-refractivity contribution >= 4 is 29.3 Å². The Morgan fingerprint density at radius 2 is 1.95 bits per heavy atom. The molecular weight excluding hydrogens is 312 g/mol. The van der Waals surface area contributed by atoms with Crippen molar-refractivity contribution in [1.82, 2.24) is 0 Å². The molecule has 0 aromatic carbocycles. The molecule has 3 atom stereocenters. The summed E-state index contributed by atoms with van der Waals surface area (Å²) >= 11 is 3.78. The maximum Gasteiger partial charge on any atom is 0.145 e. The van der Waals surface area contributed by atoms with Crippen molar-refractivity contribution in [3.05, 3.63) is 0 Å². The summed E-state index contributed by atoms with van der Waals surface area (Å²) in [4.78, 5) is 12.9. The lowest BCUT2D eigenvalue weighted by molar-refractivity contribution is -0.134. The Hall–Kier alpha value is -0.110. The Bertz CT molecular complexity index is 394. The summed E-state index contributed by atoms with van der Waals surface area (Å²) in [6.45, 7) is 7.97. The van der Waals surface area contributed by atoms with E-state index >= 15 is 0 Å². The largest absolute Gasteiger partial charge is 0.392 e. The topological polar surface area (TPSA) is 37.3 Å². The van der Waals surface area contributed by atoms with Crippen LogP contribution in [0.1, 0.15) is 53.4 Å². The average Bonchev–Trinajstić information content (AvgIpc) is 2.53. The molecule has 1 aliphatic heterocycles. The second-order valence-electron chi connectivity index (χ2n) is 6.87. The fraction of sp³-hybridized carbons (Fsp3) is 0.833. The van der Waals surface area contributed by atoms with E-state index in [1.807, 2.05) is 51.2 Å². The van der Waals surface area contributed by atoms with E-state index in [4.69, 9.17) is 6.42 Å². The third-order valence-corrected chi connectivity index (χ3v) is 8.19. The zero-order valence-corrected chi connectivity index (χ0v) is 15.9. The molecule has 0 bridgehead atoms. The van der Waals surface area contributed by atoms with Crippen LogP contribution in [0.3, 0.4) is 0 Å². The SMILES string of the molecule is C#CCCC[C@H](C)[C@@H](O)[C@H](C)C(=O)C(C)(C)C1SCCCS1. The summed E-state index contributed by atoms with van der Waals surface area (Å²) in [5, 5.41) is 10.5. The van der Waals surface area contributed by atoms with Crippen molar-refractivity contribution in [2.45, 2.75) is 64.1 Å². The predicted molar refractivity (Wildman–Crippen MR) is 99.1 cm³/mol. The van der Waals surface area contributed by atoms with E-state index in [0.717, 1.165) is 30.8 Å². The smallest absolute Gasteiger partial charge is 0.145 e. The van der Waals surface area contributed by atoms with E-state index in [-0.39, 0.29) is 17.6 Å². The molecule has 1 saturated heterocycles. The van der Waals surface area contributed by atoms with Crippen LogP contribution in [0.4, 0.5) is 0 Å². The minimum Gasteiger partial charge on any atom is -0.392 e. The number of hydrogen-bond acceptors (Lipinski definition) is 4. The summed E-state index contributed by atoms with van der Waals surface area (Å²) in [5.41, 5.74) is -0.394. The van der Waals surface area contributed by atoms with Crippen LogP contribution < -0.4 is 0 Å². The van der Waals surface area contributed by atoms with Crippen LogP contribution in [0, 0.1) is 29.6 Å². The number of thioether (sulfide) groups is 2. The van der Waals surface area contributed by atoms with Crippen molar-refractivity contribution in [3.8, 4) is 12.3 Å². The highest BCUT2D eigenvalue weighted by molar-refractivity contribution is 8.17. The van der Waals surface area contributed by atoms with Gasteiger partial charge in [-0.2, -0.15) is 0 Å². The number of ketones is 1. The molecule has 1 N–H and O–H groups in total. The summed E-state index contributed by atoms with van der Waals surface area (Å²) in [6, 6.07) is 0. The summed E-state index contributed by atoms with van der Waals surface area (Å²) in [5.74, 6) is 4.87. The van der Waals surface area contributed by atoms with E-state index in [1.54, 1.807) is 0 Å². The number of carbonyl (C=O) groups is 1. The molecule has 0 aromatic rings. The lowest BCUT2D eigenvalue weighted by atomic mass is 9.77. The Labute approximate surface area is 144 Å². The van der Waals surface area contributed by atoms with Crippen LogP contribution in [-0.4, -0.2) is 33.1 Å². The average molecular weight is 343 g/mol. The second kappa shape index (κ2) is 9.25. The molecule has 1 fully saturated rings. The monoisotopic (exact) mass is 342 g/mol. The van der Waals surface area contributed by atoms with Crippen LogP contribution in [0.25, 0.3) is 0 Å². The minimum absolute atomic E-state index is 0.106. The highest BCUT2D eigenvalue weighted by Crippen LogP contribution is 2.44. The van der Waals surface area contributed by atoms with Gasteiger partial charge in [-0.15, -0.1) is 35.9 Å². The number of terminal acetylenes is 1. The van der Waals surface area contributed by atoms with E-state index in [0.29, 0.717) is 4.58 Å². The number of aliphatic hydroxyl groups excluding tert-OH is 1. The molecule has 0 unspecified atom stereocenters. The maximum atomic E-state index is 12.9. The number of unbranched alkanes of at least 4 members (excludes halogenated alkanes) is 1. The van der Waals surface area contributed by atoms with Gasteiger partial charge in [0.15, 0.2) is 0 Å². The normalized spacial score (nSPS) is 20.9. The Morgan fingerprint density at radius 3 is 2.50 bits per heavy atom. The molecule has 0 amide bonds. The molecule has 22 heavy (non-hydrogen) atoms. The van der Waals surface area contributed by atoms with Crippen molar-refractivity contribution in [3.63, 3.8) is 0 Å². The van der Waals surface area contributed by atoms with Gasteiger partial charge in [0.05, 0.1) is 10.7 Å². The first-order valence-electron chi connectivity index (χ1n) is 8.21. The number of Topliss-reactive ketones (excluding diaryl/α,β-unsaturated/α-hetero) is 1. The third-order valence-electron chi connectivity index (χ3n) is 4.54. The van der Waals surface area contributed by atoms with Crippen molar-refractivity contribution in [1.29, 1.82) is 0 Å². The fourth-order valence-electron chi connectivity index (χ4n) is 2.95. The molecule has 0 radical (unpaired) electrons. The molecule has 126 valence electrons. The van der Waals surface area contributed by atoms with Crippen LogP contribution >= 0.6 is 23.5 Å². The van der Waals surface area contributed by atoms with Gasteiger partial charge in [0, 0.05) is 17.8 Å². The van der Waals surface area contributed by atoms with Crippen molar-refractivity contribution < 1.29 is 9.90 Å². The predicted octanol–water partition coefficient (Wildman–Crippen LogP) is 4.21. The van der Waals surface area contributed by atoms with Crippen LogP contribution in [0.15, 0.2) is 0 Å². The van der Waals surface area contributed by atoms with Gasteiger partial charge in [-0.25, -0.2) is 0 Å². The Morgan fingerprint density at radius 1 is 1.36 bits per heavy atom. The number of aliphatic hydroxyl groups is 1. The van der Waals surface area contributed by atoms with Crippen molar-refractivity contribution in [2.24, 2.45) is 17.3 Å². The molecule has 1 aliphatic rings. The molecule has 0 spiro atoms. The highest BCUT2D eigenvalue weighted by atomic mass is 32.2. The third kappa shape index (κ3) is 5.22. The standard InChI is InChI=1S/C18H30O2S2/c1-6-7-8-10-13(2)15(19)14(3)16(20)18(4,5)17-21-11-9-12-22-17/h1,13-15,17,19H,7-12H2,2-5H3/t13-,14-,15+/m0/s1. The van der Waals surface area contributed by atoms with Crippen molar-refractivity contribution in [2.75, 3.05) is 11.5 Å². The molecule has 1 rings (SSSR count). The fourth-order valence-corrected chi connectivity index (χ4v) is 6.21. The first kappa shape index (κ1) is 19.9. The summed E-state index contributed by atoms with van der Waals surface area (Å²) in [6.07, 6.45) is 8.43. The zero-order chi connectivity index (χ0) is 16.8. The Balaban J connectivity index is 2.63. The molecule has 0 saturated carbocycles. The van der Waals surface area contributed by atoms with Crippen LogP contribution in [0.2, 0.25) is 0 Å². The molecule has 4 heteroatoms. The highest BCUT2D eigenvalue weighted by Gasteiger charge is 2.42. The van der Waals surface area contributed by atoms with E-state index in [1.165, 1.54) is 6.42 Å². The number of hydrogen-bond donors (Lipinski definition) is 1. The van der Waals surface area contributed by atoms with E-state index < -0.39 is 11.5 Å². The molecular formula is C18H30O2S2. The van der Waals surface area contributed by atoms with E-state index in [9.17, 15) is 9.90 Å². The molecule has 1 heterocycles. The van der Waals surface area contributed by atoms with Gasteiger partial charge in [0.1, 0.15) is 5.78 Å². The lowest BCUT2D eigenvalue weighted by Gasteiger charge is -2.38. The van der Waals surface area contributed by atoms with Gasteiger partial charge < -0.3 is 5.11 Å². The van der Waals surface area contributed by atoms with Gasteiger partial charge in [0.25, 0.3) is 0 Å².